The van der Waals surface area contributed by atoms with Gasteiger partial charge in [-0.2, -0.15) is 0 Å². The molecule has 0 fully saturated rings. The molecule has 84 valence electrons. The summed E-state index contributed by atoms with van der Waals surface area (Å²) in [5.41, 5.74) is 1.01. The molecule has 0 aliphatic rings. The molecule has 1 aromatic heterocycles. The van der Waals surface area contributed by atoms with Crippen molar-refractivity contribution in [3.8, 4) is 0 Å². The van der Waals surface area contributed by atoms with Crippen LogP contribution in [0.1, 0.15) is 6.92 Å². The Labute approximate surface area is 101 Å². The van der Waals surface area contributed by atoms with Crippen molar-refractivity contribution in [3.05, 3.63) is 59.9 Å². The Morgan fingerprint density at radius 2 is 1.75 bits per heavy atom. The van der Waals surface area contributed by atoms with E-state index in [9.17, 15) is 0 Å². The molecule has 0 unspecified atom stereocenters. The second-order valence-corrected chi connectivity index (χ2v) is 3.44. The molecular formula is C13H15ClN2. The molecule has 0 radical (unpaired) electrons. The zero-order valence-electron chi connectivity index (χ0n) is 9.23. The fraction of sp³-hybridized carbons (Fsp3) is 0.154. The lowest BCUT2D eigenvalue weighted by molar-refractivity contribution is 1.21. The Kier molecular flexibility index (Phi) is 6.04. The first-order valence-electron chi connectivity index (χ1n) is 5.18. The average molecular weight is 235 g/mol. The highest BCUT2D eigenvalue weighted by atomic mass is 35.5. The SMILES string of the molecule is CCNc1ccccc1Cl.c1ccncc1. The summed E-state index contributed by atoms with van der Waals surface area (Å²) in [5.74, 6) is 0. The highest BCUT2D eigenvalue weighted by Gasteiger charge is 1.93. The lowest BCUT2D eigenvalue weighted by Crippen LogP contribution is -1.95. The van der Waals surface area contributed by atoms with Gasteiger partial charge in [0.05, 0.1) is 10.7 Å². The number of para-hydroxylation sites is 1. The van der Waals surface area contributed by atoms with E-state index in [2.05, 4.69) is 10.3 Å². The predicted molar refractivity (Wildman–Crippen MR) is 69.9 cm³/mol. The Balaban J connectivity index is 0.000000181. The molecule has 1 N–H and O–H groups in total. The number of anilines is 1. The molecule has 0 spiro atoms. The van der Waals surface area contributed by atoms with Gasteiger partial charge in [0.15, 0.2) is 0 Å². The van der Waals surface area contributed by atoms with Crippen LogP contribution in [-0.2, 0) is 0 Å². The number of benzene rings is 1. The number of rotatable bonds is 2. The van der Waals surface area contributed by atoms with Crippen molar-refractivity contribution in [2.24, 2.45) is 0 Å². The van der Waals surface area contributed by atoms with E-state index in [-0.39, 0.29) is 0 Å². The molecule has 0 saturated carbocycles. The van der Waals surface area contributed by atoms with Crippen LogP contribution in [0.5, 0.6) is 0 Å². The van der Waals surface area contributed by atoms with Gasteiger partial charge in [-0.3, -0.25) is 4.98 Å². The molecule has 1 heterocycles. The Hall–Kier alpha value is -1.54. The smallest absolute Gasteiger partial charge is 0.0637 e. The lowest BCUT2D eigenvalue weighted by Gasteiger charge is -2.03. The van der Waals surface area contributed by atoms with E-state index in [1.165, 1.54) is 0 Å². The molecule has 3 heteroatoms. The van der Waals surface area contributed by atoms with Gasteiger partial charge in [-0.1, -0.05) is 29.8 Å². The van der Waals surface area contributed by atoms with E-state index in [4.69, 9.17) is 11.6 Å². The molecule has 16 heavy (non-hydrogen) atoms. The van der Waals surface area contributed by atoms with Gasteiger partial charge in [0.2, 0.25) is 0 Å². The van der Waals surface area contributed by atoms with Crippen molar-refractivity contribution in [2.45, 2.75) is 6.92 Å². The van der Waals surface area contributed by atoms with Crippen LogP contribution < -0.4 is 5.32 Å². The van der Waals surface area contributed by atoms with Gasteiger partial charge < -0.3 is 5.32 Å². The van der Waals surface area contributed by atoms with E-state index in [0.29, 0.717) is 0 Å². The third-order valence-corrected chi connectivity index (χ3v) is 2.14. The fourth-order valence-electron chi connectivity index (χ4n) is 1.11. The standard InChI is InChI=1S/C8H10ClN.C5H5N/c1-2-10-8-6-4-3-5-7(8)9;1-2-4-6-5-3-1/h3-6,10H,2H2,1H3;1-5H. The van der Waals surface area contributed by atoms with E-state index in [1.54, 1.807) is 12.4 Å². The van der Waals surface area contributed by atoms with Crippen molar-refractivity contribution < 1.29 is 0 Å². The maximum atomic E-state index is 5.84. The molecule has 0 saturated heterocycles. The predicted octanol–water partition coefficient (Wildman–Crippen LogP) is 3.85. The lowest BCUT2D eigenvalue weighted by atomic mass is 10.3. The van der Waals surface area contributed by atoms with Crippen LogP contribution in [0.15, 0.2) is 54.9 Å². The summed E-state index contributed by atoms with van der Waals surface area (Å²) in [6, 6.07) is 13.4. The first-order chi connectivity index (χ1) is 7.84. The number of aromatic nitrogens is 1. The number of nitrogens with one attached hydrogen (secondary N) is 1. The summed E-state index contributed by atoms with van der Waals surface area (Å²) in [6.07, 6.45) is 3.50. The molecule has 2 rings (SSSR count). The topological polar surface area (TPSA) is 24.9 Å². The highest BCUT2D eigenvalue weighted by molar-refractivity contribution is 6.33. The highest BCUT2D eigenvalue weighted by Crippen LogP contribution is 2.19. The second-order valence-electron chi connectivity index (χ2n) is 3.03. The maximum Gasteiger partial charge on any atom is 0.0637 e. The van der Waals surface area contributed by atoms with E-state index in [1.807, 2.05) is 49.4 Å². The van der Waals surface area contributed by atoms with Crippen LogP contribution in [-0.4, -0.2) is 11.5 Å². The molecule has 1 aromatic carbocycles. The summed E-state index contributed by atoms with van der Waals surface area (Å²) in [6.45, 7) is 2.95. The van der Waals surface area contributed by atoms with Crippen LogP contribution in [0, 0.1) is 0 Å². The van der Waals surface area contributed by atoms with Crippen molar-refractivity contribution in [3.63, 3.8) is 0 Å². The van der Waals surface area contributed by atoms with Crippen molar-refractivity contribution >= 4 is 17.3 Å². The average Bonchev–Trinajstić information content (AvgIpc) is 2.35. The van der Waals surface area contributed by atoms with Gasteiger partial charge in [-0.25, -0.2) is 0 Å². The molecule has 0 amide bonds. The molecule has 0 aliphatic heterocycles. The summed E-state index contributed by atoms with van der Waals surface area (Å²) < 4.78 is 0. The van der Waals surface area contributed by atoms with Gasteiger partial charge in [-0.05, 0) is 31.2 Å². The number of hydrogen-bond donors (Lipinski definition) is 1. The summed E-state index contributed by atoms with van der Waals surface area (Å²) in [5, 5.41) is 3.93. The van der Waals surface area contributed by atoms with E-state index >= 15 is 0 Å². The van der Waals surface area contributed by atoms with Crippen LogP contribution in [0.4, 0.5) is 5.69 Å². The largest absolute Gasteiger partial charge is 0.384 e. The van der Waals surface area contributed by atoms with Crippen molar-refractivity contribution in [1.82, 2.24) is 4.98 Å². The number of halogens is 1. The quantitative estimate of drug-likeness (QED) is 0.854. The maximum absolute atomic E-state index is 5.84. The third-order valence-electron chi connectivity index (χ3n) is 1.81. The normalized spacial score (nSPS) is 8.88. The van der Waals surface area contributed by atoms with Crippen molar-refractivity contribution in [1.29, 1.82) is 0 Å². The summed E-state index contributed by atoms with van der Waals surface area (Å²) in [7, 11) is 0. The van der Waals surface area contributed by atoms with Crippen LogP contribution >= 0.6 is 11.6 Å². The van der Waals surface area contributed by atoms with Gasteiger partial charge in [0.25, 0.3) is 0 Å². The fourth-order valence-corrected chi connectivity index (χ4v) is 1.31. The van der Waals surface area contributed by atoms with Crippen LogP contribution in [0.25, 0.3) is 0 Å². The third kappa shape index (κ3) is 4.80. The van der Waals surface area contributed by atoms with Crippen molar-refractivity contribution in [2.75, 3.05) is 11.9 Å². The monoisotopic (exact) mass is 234 g/mol. The Bertz CT molecular complexity index is 363. The zero-order valence-corrected chi connectivity index (χ0v) is 9.98. The van der Waals surface area contributed by atoms with E-state index < -0.39 is 0 Å². The minimum Gasteiger partial charge on any atom is -0.384 e. The second kappa shape index (κ2) is 7.71. The number of hydrogen-bond acceptors (Lipinski definition) is 2. The molecule has 0 aliphatic carbocycles. The molecule has 2 nitrogen and oxygen atoms in total. The van der Waals surface area contributed by atoms with Gasteiger partial charge in [-0.15, -0.1) is 0 Å². The van der Waals surface area contributed by atoms with E-state index in [0.717, 1.165) is 17.3 Å². The van der Waals surface area contributed by atoms with Gasteiger partial charge in [0, 0.05) is 18.9 Å². The number of nitrogens with zero attached hydrogens (tertiary/aromatic N) is 1. The summed E-state index contributed by atoms with van der Waals surface area (Å²) >= 11 is 5.84. The Morgan fingerprint density at radius 3 is 2.19 bits per heavy atom. The molecule has 0 atom stereocenters. The zero-order chi connectivity index (χ0) is 11.6. The first-order valence-corrected chi connectivity index (χ1v) is 5.55. The molecular weight excluding hydrogens is 220 g/mol. The van der Waals surface area contributed by atoms with Gasteiger partial charge in [0.1, 0.15) is 0 Å². The van der Waals surface area contributed by atoms with Crippen LogP contribution in [0.3, 0.4) is 0 Å². The Morgan fingerprint density at radius 1 is 1.06 bits per heavy atom. The number of pyridine rings is 1. The summed E-state index contributed by atoms with van der Waals surface area (Å²) in [4.78, 5) is 3.78. The van der Waals surface area contributed by atoms with Gasteiger partial charge >= 0.3 is 0 Å². The molecule has 0 bridgehead atoms. The van der Waals surface area contributed by atoms with Crippen LogP contribution in [0.2, 0.25) is 5.02 Å². The minimum atomic E-state index is 0.782. The minimum absolute atomic E-state index is 0.782. The molecule has 2 aromatic rings. The first kappa shape index (κ1) is 12.5.